The molecule has 1 heterocycles. The second-order valence-electron chi connectivity index (χ2n) is 7.29. The number of alkyl halides is 4. The summed E-state index contributed by atoms with van der Waals surface area (Å²) in [5.41, 5.74) is -0.602. The van der Waals surface area contributed by atoms with Gasteiger partial charge in [0.1, 0.15) is 0 Å². The number of carbonyl (C=O) groups excluding carboxylic acids is 2. The third-order valence-electron chi connectivity index (χ3n) is 6.69. The van der Waals surface area contributed by atoms with Crippen molar-refractivity contribution >= 4 is 11.9 Å². The molecule has 5 rings (SSSR count). The lowest BCUT2D eigenvalue weighted by molar-refractivity contribution is -0.320. The number of ether oxygens (including phenoxy) is 1. The summed E-state index contributed by atoms with van der Waals surface area (Å²) in [6.07, 6.45) is 3.17. The van der Waals surface area contributed by atoms with E-state index in [1.54, 1.807) is 12.2 Å². The van der Waals surface area contributed by atoms with E-state index in [0.29, 0.717) is 6.42 Å². The summed E-state index contributed by atoms with van der Waals surface area (Å²) in [6, 6.07) is 0. The van der Waals surface area contributed by atoms with E-state index in [1.165, 1.54) is 0 Å². The number of cyclic esters (lactones) is 2. The van der Waals surface area contributed by atoms with Crippen molar-refractivity contribution in [2.75, 3.05) is 0 Å². The van der Waals surface area contributed by atoms with Gasteiger partial charge in [-0.2, -0.15) is 17.6 Å². The number of carbonyl (C=O) groups is 2. The Hall–Kier alpha value is -1.40. The number of esters is 2. The molecule has 0 aromatic rings. The molecule has 7 heteroatoms. The maximum Gasteiger partial charge on any atom is 0.318 e. The molecule has 1 aliphatic heterocycles. The van der Waals surface area contributed by atoms with Crippen molar-refractivity contribution in [1.29, 1.82) is 0 Å². The zero-order valence-electron chi connectivity index (χ0n) is 11.3. The van der Waals surface area contributed by atoms with Gasteiger partial charge in [0.05, 0.1) is 11.8 Å². The van der Waals surface area contributed by atoms with E-state index in [4.69, 9.17) is 0 Å². The minimum absolute atomic E-state index is 0.323. The van der Waals surface area contributed by atoms with E-state index in [9.17, 15) is 27.2 Å². The van der Waals surface area contributed by atoms with Crippen LogP contribution in [0.1, 0.15) is 12.8 Å². The number of hydrogen-bond donors (Lipinski definition) is 0. The lowest BCUT2D eigenvalue weighted by atomic mass is 9.70. The van der Waals surface area contributed by atoms with Crippen molar-refractivity contribution in [3.63, 3.8) is 0 Å². The first-order chi connectivity index (χ1) is 10.2. The Balaban J connectivity index is 1.48. The highest BCUT2D eigenvalue weighted by molar-refractivity contribution is 5.98. The van der Waals surface area contributed by atoms with E-state index in [1.807, 2.05) is 0 Å². The fourth-order valence-corrected chi connectivity index (χ4v) is 5.68. The molecule has 1 spiro atoms. The highest BCUT2D eigenvalue weighted by Crippen LogP contribution is 2.81. The van der Waals surface area contributed by atoms with Crippen molar-refractivity contribution in [3.8, 4) is 0 Å². The standard InChI is InChI=1S/C15H12F4O3/c16-14(17)4-8(15(14,18)19)7-3-13(7)5-1-2-6(13)10-9(5)11(20)22-12(10)21/h1-2,5-10H,3-4H2/t5-,6-,7+,8+,9+,10+/m1/s1. The molecule has 0 amide bonds. The van der Waals surface area contributed by atoms with Crippen LogP contribution in [0.25, 0.3) is 0 Å². The van der Waals surface area contributed by atoms with Gasteiger partial charge in [-0.1, -0.05) is 12.2 Å². The lowest BCUT2D eigenvalue weighted by Gasteiger charge is -2.45. The van der Waals surface area contributed by atoms with Crippen molar-refractivity contribution < 1.29 is 31.9 Å². The molecule has 4 fully saturated rings. The maximum absolute atomic E-state index is 13.7. The first kappa shape index (κ1) is 13.1. The monoisotopic (exact) mass is 316 g/mol. The van der Waals surface area contributed by atoms with Crippen LogP contribution in [0.4, 0.5) is 17.6 Å². The molecule has 3 nitrogen and oxygen atoms in total. The summed E-state index contributed by atoms with van der Waals surface area (Å²) in [4.78, 5) is 23.6. The summed E-state index contributed by atoms with van der Waals surface area (Å²) in [5.74, 6) is -12.9. The second-order valence-corrected chi connectivity index (χ2v) is 7.29. The molecule has 118 valence electrons. The van der Waals surface area contributed by atoms with Gasteiger partial charge >= 0.3 is 23.8 Å². The number of hydrogen-bond acceptors (Lipinski definition) is 3. The van der Waals surface area contributed by atoms with E-state index in [0.717, 1.165) is 0 Å². The first-order valence-corrected chi connectivity index (χ1v) is 7.41. The lowest BCUT2D eigenvalue weighted by Crippen LogP contribution is -2.60. The number of allylic oxidation sites excluding steroid dienone is 2. The van der Waals surface area contributed by atoms with E-state index in [2.05, 4.69) is 4.74 Å². The molecule has 0 N–H and O–H groups in total. The van der Waals surface area contributed by atoms with E-state index in [-0.39, 0.29) is 11.8 Å². The molecular weight excluding hydrogens is 304 g/mol. The summed E-state index contributed by atoms with van der Waals surface area (Å²) >= 11 is 0. The van der Waals surface area contributed by atoms with E-state index < -0.39 is 59.3 Å². The molecule has 22 heavy (non-hydrogen) atoms. The molecule has 0 aromatic carbocycles. The summed E-state index contributed by atoms with van der Waals surface area (Å²) < 4.78 is 58.2. The van der Waals surface area contributed by atoms with Crippen LogP contribution < -0.4 is 0 Å². The molecule has 1 saturated heterocycles. The highest BCUT2D eigenvalue weighted by atomic mass is 19.3. The predicted molar refractivity (Wildman–Crippen MR) is 62.7 cm³/mol. The van der Waals surface area contributed by atoms with Gasteiger partial charge in [-0.3, -0.25) is 9.59 Å². The molecular formula is C15H12F4O3. The molecule has 5 aliphatic rings. The van der Waals surface area contributed by atoms with Crippen LogP contribution in [0.5, 0.6) is 0 Å². The smallest absolute Gasteiger partial charge is 0.318 e. The quantitative estimate of drug-likeness (QED) is 0.323. The molecule has 2 bridgehead atoms. The Labute approximate surface area is 122 Å². The van der Waals surface area contributed by atoms with Crippen LogP contribution in [0.15, 0.2) is 12.2 Å². The zero-order chi connectivity index (χ0) is 15.7. The Morgan fingerprint density at radius 3 is 1.91 bits per heavy atom. The van der Waals surface area contributed by atoms with Crippen molar-refractivity contribution in [3.05, 3.63) is 12.2 Å². The minimum Gasteiger partial charge on any atom is -0.393 e. The van der Waals surface area contributed by atoms with Crippen molar-refractivity contribution in [1.82, 2.24) is 0 Å². The molecule has 0 aromatic heterocycles. The normalized spacial score (nSPS) is 55.3. The third-order valence-corrected chi connectivity index (χ3v) is 6.69. The van der Waals surface area contributed by atoms with Gasteiger partial charge in [0.25, 0.3) is 0 Å². The van der Waals surface area contributed by atoms with Crippen LogP contribution in [0.3, 0.4) is 0 Å². The van der Waals surface area contributed by atoms with E-state index >= 15 is 0 Å². The minimum atomic E-state index is -3.98. The first-order valence-electron chi connectivity index (χ1n) is 7.41. The SMILES string of the molecule is O=C1OC(=O)[C@@H]2[C@@H]1[C@H]1C=C[C@H]2C12C[C@H]2[C@@H]1CC(F)(F)C1(F)F. The number of halogens is 4. The van der Waals surface area contributed by atoms with Crippen LogP contribution in [0.2, 0.25) is 0 Å². The summed E-state index contributed by atoms with van der Waals surface area (Å²) in [7, 11) is 0. The third kappa shape index (κ3) is 1.09. The largest absolute Gasteiger partial charge is 0.393 e. The van der Waals surface area contributed by atoms with Gasteiger partial charge in [0, 0.05) is 12.3 Å². The fourth-order valence-electron chi connectivity index (χ4n) is 5.68. The highest BCUT2D eigenvalue weighted by Gasteiger charge is 2.84. The van der Waals surface area contributed by atoms with Crippen LogP contribution in [-0.4, -0.2) is 23.8 Å². The number of fused-ring (bicyclic) bond motifs is 3. The summed E-state index contributed by atoms with van der Waals surface area (Å²) in [6.45, 7) is 0. The summed E-state index contributed by atoms with van der Waals surface area (Å²) in [5, 5.41) is 0. The number of rotatable bonds is 1. The molecule has 0 unspecified atom stereocenters. The topological polar surface area (TPSA) is 43.4 Å². The Morgan fingerprint density at radius 1 is 0.909 bits per heavy atom. The second kappa shape index (κ2) is 3.26. The van der Waals surface area contributed by atoms with Gasteiger partial charge in [0.2, 0.25) is 0 Å². The molecule has 0 radical (unpaired) electrons. The molecule has 6 atom stereocenters. The predicted octanol–water partition coefficient (Wildman–Crippen LogP) is 2.41. The van der Waals surface area contributed by atoms with Gasteiger partial charge < -0.3 is 4.74 Å². The Bertz CT molecular complexity index is 625. The Morgan fingerprint density at radius 2 is 1.45 bits per heavy atom. The van der Waals surface area contributed by atoms with Crippen LogP contribution in [-0.2, 0) is 14.3 Å². The van der Waals surface area contributed by atoms with Crippen LogP contribution >= 0.6 is 0 Å². The maximum atomic E-state index is 13.7. The van der Waals surface area contributed by atoms with Crippen molar-refractivity contribution in [2.45, 2.75) is 24.7 Å². The van der Waals surface area contributed by atoms with Crippen molar-refractivity contribution in [2.24, 2.45) is 40.9 Å². The van der Waals surface area contributed by atoms with Gasteiger partial charge in [0.15, 0.2) is 0 Å². The zero-order valence-corrected chi connectivity index (χ0v) is 11.3. The Kier molecular flexibility index (Phi) is 1.94. The molecule has 3 saturated carbocycles. The average Bonchev–Trinajstić information content (AvgIpc) is 2.84. The fraction of sp³-hybridized carbons (Fsp3) is 0.733. The molecule has 4 aliphatic carbocycles. The van der Waals surface area contributed by atoms with Crippen LogP contribution in [0, 0.1) is 40.9 Å². The van der Waals surface area contributed by atoms with Gasteiger partial charge in [-0.25, -0.2) is 0 Å². The van der Waals surface area contributed by atoms with Gasteiger partial charge in [-0.15, -0.1) is 0 Å². The average molecular weight is 316 g/mol. The van der Waals surface area contributed by atoms with Gasteiger partial charge in [-0.05, 0) is 29.6 Å².